The van der Waals surface area contributed by atoms with Gasteiger partial charge in [0.2, 0.25) is 0 Å². The summed E-state index contributed by atoms with van der Waals surface area (Å²) in [5.41, 5.74) is 0.648. The molecule has 0 saturated heterocycles. The van der Waals surface area contributed by atoms with Gasteiger partial charge in [-0.25, -0.2) is 9.59 Å². The Morgan fingerprint density at radius 1 is 0.600 bits per heavy atom. The van der Waals surface area contributed by atoms with Gasteiger partial charge in [-0.2, -0.15) is 0 Å². The van der Waals surface area contributed by atoms with Crippen LogP contribution in [0.3, 0.4) is 0 Å². The summed E-state index contributed by atoms with van der Waals surface area (Å²) < 4.78 is 0. The van der Waals surface area contributed by atoms with Crippen LogP contribution in [0.2, 0.25) is 0 Å². The van der Waals surface area contributed by atoms with E-state index in [2.05, 4.69) is 56.4 Å². The van der Waals surface area contributed by atoms with Crippen molar-refractivity contribution in [1.82, 2.24) is 0 Å². The van der Waals surface area contributed by atoms with E-state index in [0.717, 1.165) is 51.4 Å². The van der Waals surface area contributed by atoms with Crippen molar-refractivity contribution in [2.24, 2.45) is 10.8 Å². The van der Waals surface area contributed by atoms with E-state index in [4.69, 9.17) is 0 Å². The van der Waals surface area contributed by atoms with Crippen molar-refractivity contribution >= 4 is 11.9 Å². The van der Waals surface area contributed by atoms with E-state index < -0.39 is 11.9 Å². The Bertz CT molecular complexity index is 341. The molecular weight excluding hydrogens is 320 g/mol. The Morgan fingerprint density at radius 3 is 1.28 bits per heavy atom. The normalized spacial score (nSPS) is 12.1. The molecule has 0 spiro atoms. The molecule has 5 nitrogen and oxygen atoms in total. The molecule has 0 aliphatic heterocycles. The second-order valence-electron chi connectivity index (χ2n) is 9.22. The fourth-order valence-electron chi connectivity index (χ4n) is 2.38. The summed E-state index contributed by atoms with van der Waals surface area (Å²) in [4.78, 5) is 31.8. The third-order valence-corrected chi connectivity index (χ3v) is 3.87. The molecule has 0 heterocycles. The molecule has 0 fully saturated rings. The fourth-order valence-corrected chi connectivity index (χ4v) is 2.38. The van der Waals surface area contributed by atoms with E-state index in [1.165, 1.54) is 0 Å². The van der Waals surface area contributed by atoms with Gasteiger partial charge in [-0.15, -0.1) is 0 Å². The van der Waals surface area contributed by atoms with Crippen LogP contribution >= 0.6 is 0 Å². The van der Waals surface area contributed by atoms with Crippen molar-refractivity contribution in [3.63, 3.8) is 0 Å². The molecule has 148 valence electrons. The maximum Gasteiger partial charge on any atom is 0.346 e. The van der Waals surface area contributed by atoms with Crippen LogP contribution < -0.4 is 0 Å². The quantitative estimate of drug-likeness (QED) is 0.246. The number of carbonyl (C=O) groups excluding carboxylic acids is 2. The fraction of sp³-hybridized carbons (Fsp3) is 0.900. The molecule has 0 aromatic heterocycles. The highest BCUT2D eigenvalue weighted by Crippen LogP contribution is 2.23. The van der Waals surface area contributed by atoms with Crippen LogP contribution in [0.5, 0.6) is 0 Å². The first kappa shape index (κ1) is 23.9. The van der Waals surface area contributed by atoms with Gasteiger partial charge in [-0.1, -0.05) is 67.2 Å². The summed E-state index contributed by atoms with van der Waals surface area (Å²) in [5.74, 6) is -1.01. The van der Waals surface area contributed by atoms with Gasteiger partial charge < -0.3 is 0 Å². The Labute approximate surface area is 153 Å². The van der Waals surface area contributed by atoms with Crippen molar-refractivity contribution < 1.29 is 24.4 Å². The SMILES string of the molecule is CC(C)(C)CCCCCC(=O)OOOC(=O)CCCCCC(C)(C)C. The Morgan fingerprint density at radius 2 is 0.960 bits per heavy atom. The smallest absolute Gasteiger partial charge is 0.260 e. The van der Waals surface area contributed by atoms with E-state index in [9.17, 15) is 9.59 Å². The molecular formula is C20H38O5. The summed E-state index contributed by atoms with van der Waals surface area (Å²) in [5, 5.41) is 4.28. The Kier molecular flexibility index (Phi) is 11.7. The van der Waals surface area contributed by atoms with Crippen LogP contribution in [0.25, 0.3) is 0 Å². The van der Waals surface area contributed by atoms with Crippen LogP contribution in [-0.2, 0) is 24.4 Å². The van der Waals surface area contributed by atoms with Gasteiger partial charge in [0.25, 0.3) is 0 Å². The standard InChI is InChI=1S/C20H38O5/c1-19(2,3)15-11-7-9-13-17(21)23-25-24-18(22)14-10-8-12-16-20(4,5)6/h7-16H2,1-6H3. The first-order valence-electron chi connectivity index (χ1n) is 9.56. The zero-order valence-corrected chi connectivity index (χ0v) is 17.1. The molecule has 0 aromatic carbocycles. The summed E-state index contributed by atoms with van der Waals surface area (Å²) in [6.45, 7) is 13.2. The van der Waals surface area contributed by atoms with Crippen LogP contribution in [-0.4, -0.2) is 11.9 Å². The van der Waals surface area contributed by atoms with Gasteiger partial charge in [-0.05, 0) is 36.5 Å². The molecule has 0 atom stereocenters. The minimum Gasteiger partial charge on any atom is -0.260 e. The molecule has 0 rings (SSSR count). The van der Waals surface area contributed by atoms with E-state index in [1.807, 2.05) is 0 Å². The van der Waals surface area contributed by atoms with Gasteiger partial charge in [-0.3, -0.25) is 9.78 Å². The largest absolute Gasteiger partial charge is 0.346 e. The lowest BCUT2D eigenvalue weighted by atomic mass is 9.89. The van der Waals surface area contributed by atoms with Crippen molar-refractivity contribution in [2.45, 2.75) is 106 Å². The maximum absolute atomic E-state index is 11.4. The van der Waals surface area contributed by atoms with Gasteiger partial charge in [0.1, 0.15) is 0 Å². The minimum absolute atomic E-state index is 0.272. The number of rotatable bonds is 12. The molecule has 0 aliphatic carbocycles. The van der Waals surface area contributed by atoms with Crippen LogP contribution in [0.15, 0.2) is 0 Å². The van der Waals surface area contributed by atoms with Crippen LogP contribution in [0, 0.1) is 10.8 Å². The van der Waals surface area contributed by atoms with Crippen molar-refractivity contribution in [2.75, 3.05) is 0 Å². The lowest BCUT2D eigenvalue weighted by molar-refractivity contribution is -0.459. The molecule has 0 aliphatic rings. The summed E-state index contributed by atoms with van der Waals surface area (Å²) >= 11 is 0. The molecule has 0 aromatic rings. The Hall–Kier alpha value is -1.10. The molecule has 0 saturated carbocycles. The van der Waals surface area contributed by atoms with Crippen molar-refractivity contribution in [1.29, 1.82) is 0 Å². The monoisotopic (exact) mass is 358 g/mol. The predicted octanol–water partition coefficient (Wildman–Crippen LogP) is 5.91. The highest BCUT2D eigenvalue weighted by molar-refractivity contribution is 5.69. The maximum atomic E-state index is 11.4. The molecule has 0 bridgehead atoms. The highest BCUT2D eigenvalue weighted by atomic mass is 17.5. The molecule has 0 unspecified atom stereocenters. The number of unbranched alkanes of at least 4 members (excludes halogenated alkanes) is 4. The lowest BCUT2D eigenvalue weighted by Gasteiger charge is -2.17. The third kappa shape index (κ3) is 19.1. The third-order valence-electron chi connectivity index (χ3n) is 3.87. The summed E-state index contributed by atoms with van der Waals surface area (Å²) in [7, 11) is 0. The van der Waals surface area contributed by atoms with Gasteiger partial charge in [0.05, 0.1) is 0 Å². The van der Waals surface area contributed by atoms with Crippen LogP contribution in [0.1, 0.15) is 106 Å². The number of carbonyl (C=O) groups is 2. The second kappa shape index (κ2) is 12.3. The minimum atomic E-state index is -0.506. The van der Waals surface area contributed by atoms with E-state index in [1.54, 1.807) is 0 Å². The molecule has 0 radical (unpaired) electrons. The zero-order chi connectivity index (χ0) is 19.3. The van der Waals surface area contributed by atoms with Crippen molar-refractivity contribution in [3.8, 4) is 0 Å². The van der Waals surface area contributed by atoms with Crippen LogP contribution in [0.4, 0.5) is 0 Å². The highest BCUT2D eigenvalue weighted by Gasteiger charge is 2.12. The average Bonchev–Trinajstić information content (AvgIpc) is 2.44. The second-order valence-corrected chi connectivity index (χ2v) is 9.22. The van der Waals surface area contributed by atoms with Gasteiger partial charge in [0.15, 0.2) is 0 Å². The molecule has 0 N–H and O–H groups in total. The molecule has 0 amide bonds. The molecule has 25 heavy (non-hydrogen) atoms. The zero-order valence-electron chi connectivity index (χ0n) is 17.1. The van der Waals surface area contributed by atoms with Gasteiger partial charge in [0, 0.05) is 17.9 Å². The Balaban J connectivity index is 3.50. The molecule has 5 heteroatoms. The first-order valence-corrected chi connectivity index (χ1v) is 9.56. The average molecular weight is 359 g/mol. The van der Waals surface area contributed by atoms with Crippen molar-refractivity contribution in [3.05, 3.63) is 0 Å². The predicted molar refractivity (Wildman–Crippen MR) is 98.3 cm³/mol. The lowest BCUT2D eigenvalue weighted by Crippen LogP contribution is -2.10. The summed E-state index contributed by atoms with van der Waals surface area (Å²) in [6, 6.07) is 0. The number of hydrogen-bond donors (Lipinski definition) is 0. The summed E-state index contributed by atoms with van der Waals surface area (Å²) in [6.07, 6.45) is 8.42. The van der Waals surface area contributed by atoms with E-state index >= 15 is 0 Å². The topological polar surface area (TPSA) is 61.8 Å². The van der Waals surface area contributed by atoms with E-state index in [0.29, 0.717) is 10.8 Å². The van der Waals surface area contributed by atoms with Gasteiger partial charge >= 0.3 is 11.9 Å². The number of hydrogen-bond acceptors (Lipinski definition) is 5. The first-order chi connectivity index (χ1) is 11.5. The van der Waals surface area contributed by atoms with E-state index in [-0.39, 0.29) is 12.8 Å².